The third-order valence-corrected chi connectivity index (χ3v) is 0.643. The van der Waals surface area contributed by atoms with Gasteiger partial charge < -0.3 is 0 Å². The molecular weight excluding hydrogens is 320 g/mol. The SMILES string of the molecule is C[CH2][Hg].ClCCCl. The van der Waals surface area contributed by atoms with E-state index in [9.17, 15) is 0 Å². The molecule has 3 heteroatoms. The van der Waals surface area contributed by atoms with Crippen LogP contribution in [-0.4, -0.2) is 11.8 Å². The molecule has 0 atom stereocenters. The van der Waals surface area contributed by atoms with E-state index in [1.807, 2.05) is 0 Å². The fourth-order valence-corrected chi connectivity index (χ4v) is 0. The van der Waals surface area contributed by atoms with E-state index in [4.69, 9.17) is 23.2 Å². The second-order valence-corrected chi connectivity index (χ2v) is 5.52. The number of halogens is 2. The predicted octanol–water partition coefficient (Wildman–Crippen LogP) is 2.44. The molecule has 0 aliphatic rings. The number of rotatable bonds is 1. The van der Waals surface area contributed by atoms with Gasteiger partial charge in [0.2, 0.25) is 0 Å². The van der Waals surface area contributed by atoms with E-state index in [1.54, 1.807) is 0 Å². The van der Waals surface area contributed by atoms with Gasteiger partial charge in [-0.2, -0.15) is 0 Å². The Bertz CT molecular complexity index is 17.2. The average Bonchev–Trinajstić information content (AvgIpc) is 1.69. The molecule has 0 rings (SSSR count). The summed E-state index contributed by atoms with van der Waals surface area (Å²) in [7, 11) is 0. The van der Waals surface area contributed by atoms with Crippen LogP contribution in [0.2, 0.25) is 3.93 Å². The van der Waals surface area contributed by atoms with E-state index in [0.29, 0.717) is 11.8 Å². The van der Waals surface area contributed by atoms with E-state index >= 15 is 0 Å². The molecule has 0 amide bonds. The first kappa shape index (κ1) is 11.3. The third-order valence-electron chi connectivity index (χ3n) is 0.0714. The van der Waals surface area contributed by atoms with Gasteiger partial charge in [-0.1, -0.05) is 0 Å². The summed E-state index contributed by atoms with van der Waals surface area (Å²) in [6.45, 7) is 2.21. The van der Waals surface area contributed by atoms with E-state index in [0.717, 1.165) is 26.1 Å². The Balaban J connectivity index is 0. The fourth-order valence-electron chi connectivity index (χ4n) is 0. The Morgan fingerprint density at radius 3 is 1.43 bits per heavy atom. The van der Waals surface area contributed by atoms with E-state index < -0.39 is 0 Å². The molecule has 0 radical (unpaired) electrons. The van der Waals surface area contributed by atoms with Crippen molar-refractivity contribution in [3.05, 3.63) is 0 Å². The summed E-state index contributed by atoms with van der Waals surface area (Å²) >= 11 is 11.2. The normalized spacial score (nSPS) is 7.00. The van der Waals surface area contributed by atoms with Gasteiger partial charge in [0.15, 0.2) is 0 Å². The maximum atomic E-state index is 5.05. The van der Waals surface area contributed by atoms with Gasteiger partial charge in [-0.25, -0.2) is 0 Å². The van der Waals surface area contributed by atoms with Crippen LogP contribution in [0.25, 0.3) is 0 Å². The monoisotopic (exact) mass is 329 g/mol. The summed E-state index contributed by atoms with van der Waals surface area (Å²) in [5.41, 5.74) is 0. The molecule has 0 saturated heterocycles. The molecule has 0 aliphatic carbocycles. The molecule has 0 nitrogen and oxygen atoms in total. The van der Waals surface area contributed by atoms with Gasteiger partial charge in [0, 0.05) is 11.8 Å². The second-order valence-electron chi connectivity index (χ2n) is 0.878. The average molecular weight is 329 g/mol. The van der Waals surface area contributed by atoms with Crippen LogP contribution in [0.1, 0.15) is 6.92 Å². The van der Waals surface area contributed by atoms with Crippen molar-refractivity contribution in [3.63, 3.8) is 0 Å². The van der Waals surface area contributed by atoms with Gasteiger partial charge in [0.1, 0.15) is 0 Å². The number of hydrogen-bond donors (Lipinski definition) is 0. The zero-order valence-corrected chi connectivity index (χ0v) is 11.6. The first-order valence-electron chi connectivity index (χ1n) is 2.24. The predicted molar refractivity (Wildman–Crippen MR) is 31.9 cm³/mol. The Morgan fingerprint density at radius 1 is 1.29 bits per heavy atom. The molecule has 0 aromatic rings. The molecule has 7 heavy (non-hydrogen) atoms. The van der Waals surface area contributed by atoms with Crippen molar-refractivity contribution in [1.82, 2.24) is 0 Å². The van der Waals surface area contributed by atoms with E-state index in [1.165, 1.54) is 3.93 Å². The summed E-state index contributed by atoms with van der Waals surface area (Å²) < 4.78 is 1.44. The third kappa shape index (κ3) is 36.1. The van der Waals surface area contributed by atoms with Crippen LogP contribution in [-0.2, 0) is 26.1 Å². The first-order valence-corrected chi connectivity index (χ1v) is 7.20. The quantitative estimate of drug-likeness (QED) is 0.512. The van der Waals surface area contributed by atoms with Crippen LogP contribution in [0, 0.1) is 0 Å². The van der Waals surface area contributed by atoms with E-state index in [2.05, 4.69) is 6.92 Å². The minimum absolute atomic E-state index is 0.557. The summed E-state index contributed by atoms with van der Waals surface area (Å²) in [5, 5.41) is 0. The Labute approximate surface area is 71.5 Å². The molecule has 0 N–H and O–H groups in total. The van der Waals surface area contributed by atoms with Gasteiger partial charge in [-0.15, -0.1) is 23.2 Å². The summed E-state index contributed by atoms with van der Waals surface area (Å²) in [6.07, 6.45) is 0. The van der Waals surface area contributed by atoms with Crippen molar-refractivity contribution in [2.45, 2.75) is 10.9 Å². The zero-order chi connectivity index (χ0) is 6.12. The van der Waals surface area contributed by atoms with Gasteiger partial charge >= 0.3 is 37.0 Å². The molecule has 0 heterocycles. The van der Waals surface area contributed by atoms with Gasteiger partial charge in [0.05, 0.1) is 0 Å². The van der Waals surface area contributed by atoms with Gasteiger partial charge in [-0.05, 0) is 0 Å². The molecule has 0 unspecified atom stereocenters. The van der Waals surface area contributed by atoms with Crippen molar-refractivity contribution in [2.75, 3.05) is 11.8 Å². The Hall–Kier alpha value is 1.52. The first-order chi connectivity index (χ1) is 3.33. The standard InChI is InChI=1S/C2H4Cl2.C2H5.Hg/c3-1-2-4;1-2;/h1-2H2;1H2,2H3;. The maximum Gasteiger partial charge on any atom is 0.0359 e. The maximum absolute atomic E-state index is 5.05. The summed E-state index contributed by atoms with van der Waals surface area (Å²) in [6, 6.07) is 0. The van der Waals surface area contributed by atoms with E-state index in [-0.39, 0.29) is 0 Å². The molecular formula is C4H9Cl2Hg. The van der Waals surface area contributed by atoms with Crippen LogP contribution < -0.4 is 0 Å². The minimum atomic E-state index is 0.557. The molecule has 0 aliphatic heterocycles. The largest absolute Gasteiger partial charge is 0.125 e. The van der Waals surface area contributed by atoms with Crippen LogP contribution in [0.4, 0.5) is 0 Å². The Morgan fingerprint density at radius 2 is 1.43 bits per heavy atom. The molecule has 0 fully saturated rings. The van der Waals surface area contributed by atoms with Crippen LogP contribution in [0.3, 0.4) is 0 Å². The number of hydrogen-bond acceptors (Lipinski definition) is 0. The topological polar surface area (TPSA) is 0 Å². The summed E-state index contributed by atoms with van der Waals surface area (Å²) in [5.74, 6) is 1.11. The zero-order valence-electron chi connectivity index (χ0n) is 4.58. The van der Waals surface area contributed by atoms with Gasteiger partial charge in [0.25, 0.3) is 0 Å². The van der Waals surface area contributed by atoms with Crippen LogP contribution in [0.15, 0.2) is 0 Å². The van der Waals surface area contributed by atoms with Crippen molar-refractivity contribution >= 4 is 23.2 Å². The van der Waals surface area contributed by atoms with Crippen molar-refractivity contribution in [1.29, 1.82) is 0 Å². The molecule has 41 valence electrons. The molecule has 0 aromatic heterocycles. The molecule has 0 spiro atoms. The molecule has 0 bridgehead atoms. The van der Waals surface area contributed by atoms with Gasteiger partial charge in [-0.3, -0.25) is 0 Å². The molecule has 0 saturated carbocycles. The summed E-state index contributed by atoms with van der Waals surface area (Å²) in [4.78, 5) is 0. The van der Waals surface area contributed by atoms with Crippen molar-refractivity contribution in [2.24, 2.45) is 0 Å². The smallest absolute Gasteiger partial charge is 0.0359 e. The second kappa shape index (κ2) is 15.6. The van der Waals surface area contributed by atoms with Crippen molar-refractivity contribution in [3.8, 4) is 0 Å². The van der Waals surface area contributed by atoms with Crippen LogP contribution in [0.5, 0.6) is 0 Å². The number of alkyl halides is 2. The minimum Gasteiger partial charge on any atom is -0.125 e. The van der Waals surface area contributed by atoms with Crippen molar-refractivity contribution < 1.29 is 26.1 Å². The fraction of sp³-hybridized carbons (Fsp3) is 1.00. The molecule has 0 aromatic carbocycles. The Kier molecular flexibility index (Phi) is 25.3. The van der Waals surface area contributed by atoms with Crippen LogP contribution >= 0.6 is 23.2 Å².